The van der Waals surface area contributed by atoms with E-state index >= 15 is 0 Å². The molecule has 0 bridgehead atoms. The summed E-state index contributed by atoms with van der Waals surface area (Å²) in [5, 5.41) is 0. The molecule has 0 N–H and O–H groups in total. The number of para-hydroxylation sites is 2. The Kier molecular flexibility index (Phi) is 4.81. The van der Waals surface area contributed by atoms with E-state index in [1.807, 2.05) is 36.4 Å². The maximum atomic E-state index is 5.47. The van der Waals surface area contributed by atoms with Gasteiger partial charge in [0.15, 0.2) is 0 Å². The van der Waals surface area contributed by atoms with Crippen molar-refractivity contribution >= 4 is 9.24 Å². The number of hydrogen-bond donors (Lipinski definition) is 0. The second-order valence-corrected chi connectivity index (χ2v) is 4.74. The molecule has 0 aliphatic carbocycles. The maximum Gasteiger partial charge on any atom is 0.122 e. The van der Waals surface area contributed by atoms with E-state index in [0.717, 1.165) is 17.7 Å². The average molecular weight is 274 g/mol. The van der Waals surface area contributed by atoms with Crippen molar-refractivity contribution in [1.82, 2.24) is 0 Å². The molecule has 19 heavy (non-hydrogen) atoms. The summed E-state index contributed by atoms with van der Waals surface area (Å²) < 4.78 is 10.9. The molecule has 0 amide bonds. The highest BCUT2D eigenvalue weighted by atomic mass is 31.0. The highest BCUT2D eigenvalue weighted by Gasteiger charge is 2.19. The van der Waals surface area contributed by atoms with Crippen LogP contribution in [0.4, 0.5) is 0 Å². The summed E-state index contributed by atoms with van der Waals surface area (Å²) in [5.41, 5.74) is 2.37. The van der Waals surface area contributed by atoms with E-state index in [9.17, 15) is 0 Å². The predicted molar refractivity (Wildman–Crippen MR) is 82.4 cm³/mol. The van der Waals surface area contributed by atoms with Gasteiger partial charge in [-0.05, 0) is 18.3 Å². The van der Waals surface area contributed by atoms with Gasteiger partial charge in [-0.15, -0.1) is 9.24 Å². The minimum atomic E-state index is 0.247. The first-order chi connectivity index (χ1) is 9.31. The van der Waals surface area contributed by atoms with Gasteiger partial charge in [-0.25, -0.2) is 0 Å². The molecular formula is C16H19O2P. The van der Waals surface area contributed by atoms with Gasteiger partial charge in [-0.3, -0.25) is 0 Å². The first-order valence-corrected chi connectivity index (χ1v) is 7.09. The molecule has 2 aromatic carbocycles. The molecule has 3 heteroatoms. The van der Waals surface area contributed by atoms with Crippen molar-refractivity contribution in [2.45, 2.75) is 5.92 Å². The summed E-state index contributed by atoms with van der Waals surface area (Å²) >= 11 is 0. The minimum absolute atomic E-state index is 0.247. The van der Waals surface area contributed by atoms with Gasteiger partial charge < -0.3 is 9.47 Å². The SMILES string of the molecule is COc1ccccc1C(CP)c1ccccc1OC. The molecule has 0 spiro atoms. The zero-order chi connectivity index (χ0) is 13.7. The molecule has 2 nitrogen and oxygen atoms in total. The van der Waals surface area contributed by atoms with Crippen LogP contribution in [-0.4, -0.2) is 20.4 Å². The fraction of sp³-hybridized carbons (Fsp3) is 0.250. The van der Waals surface area contributed by atoms with Crippen LogP contribution in [0.3, 0.4) is 0 Å². The van der Waals surface area contributed by atoms with Crippen LogP contribution in [0.2, 0.25) is 0 Å². The third kappa shape index (κ3) is 2.90. The molecule has 100 valence electrons. The van der Waals surface area contributed by atoms with Crippen molar-refractivity contribution in [3.8, 4) is 11.5 Å². The topological polar surface area (TPSA) is 18.5 Å². The van der Waals surface area contributed by atoms with E-state index in [-0.39, 0.29) is 5.92 Å². The van der Waals surface area contributed by atoms with Crippen LogP contribution in [0.15, 0.2) is 48.5 Å². The molecular weight excluding hydrogens is 255 g/mol. The first kappa shape index (κ1) is 13.9. The molecule has 0 fully saturated rings. The van der Waals surface area contributed by atoms with Crippen LogP contribution in [0.1, 0.15) is 17.0 Å². The Balaban J connectivity index is 2.50. The highest BCUT2D eigenvalue weighted by Crippen LogP contribution is 2.37. The van der Waals surface area contributed by atoms with Crippen LogP contribution in [-0.2, 0) is 0 Å². The Morgan fingerprint density at radius 3 is 1.63 bits per heavy atom. The molecule has 2 aromatic rings. The lowest BCUT2D eigenvalue weighted by molar-refractivity contribution is 0.401. The molecule has 0 aliphatic heterocycles. The normalized spacial score (nSPS) is 10.5. The fourth-order valence-corrected chi connectivity index (χ4v) is 2.84. The average Bonchev–Trinajstić information content (AvgIpc) is 2.49. The molecule has 1 atom stereocenters. The van der Waals surface area contributed by atoms with Gasteiger partial charge in [0.2, 0.25) is 0 Å². The number of rotatable bonds is 5. The largest absolute Gasteiger partial charge is 0.496 e. The molecule has 0 heterocycles. The molecule has 0 aromatic heterocycles. The van der Waals surface area contributed by atoms with Gasteiger partial charge >= 0.3 is 0 Å². The summed E-state index contributed by atoms with van der Waals surface area (Å²) in [6.07, 6.45) is 0.917. The van der Waals surface area contributed by atoms with Crippen molar-refractivity contribution in [2.24, 2.45) is 0 Å². The molecule has 0 radical (unpaired) electrons. The number of methoxy groups -OCH3 is 2. The van der Waals surface area contributed by atoms with Crippen molar-refractivity contribution < 1.29 is 9.47 Å². The lowest BCUT2D eigenvalue weighted by Gasteiger charge is -2.20. The maximum absolute atomic E-state index is 5.47. The highest BCUT2D eigenvalue weighted by molar-refractivity contribution is 7.16. The second kappa shape index (κ2) is 6.58. The molecule has 2 rings (SSSR count). The Labute approximate surface area is 117 Å². The Hall–Kier alpha value is -1.53. The number of ether oxygens (including phenoxy) is 2. The first-order valence-electron chi connectivity index (χ1n) is 6.27. The van der Waals surface area contributed by atoms with Crippen molar-refractivity contribution in [3.63, 3.8) is 0 Å². The molecule has 1 unspecified atom stereocenters. The van der Waals surface area contributed by atoms with E-state index < -0.39 is 0 Å². The van der Waals surface area contributed by atoms with E-state index in [4.69, 9.17) is 9.47 Å². The van der Waals surface area contributed by atoms with Crippen LogP contribution >= 0.6 is 9.24 Å². The zero-order valence-corrected chi connectivity index (χ0v) is 12.5. The van der Waals surface area contributed by atoms with E-state index in [2.05, 4.69) is 21.4 Å². The van der Waals surface area contributed by atoms with Gasteiger partial charge in [0.05, 0.1) is 14.2 Å². The monoisotopic (exact) mass is 274 g/mol. The quantitative estimate of drug-likeness (QED) is 0.774. The molecule has 0 saturated heterocycles. The standard InChI is InChI=1S/C16H19O2P/c1-17-15-9-5-3-7-12(15)14(11-19)13-8-4-6-10-16(13)18-2/h3-10,14H,11,19H2,1-2H3. The van der Waals surface area contributed by atoms with Crippen molar-refractivity contribution in [3.05, 3.63) is 59.7 Å². The summed E-state index contributed by atoms with van der Waals surface area (Å²) in [6, 6.07) is 16.3. The van der Waals surface area contributed by atoms with Crippen molar-refractivity contribution in [2.75, 3.05) is 20.4 Å². The van der Waals surface area contributed by atoms with Gasteiger partial charge in [-0.2, -0.15) is 0 Å². The second-order valence-electron chi connectivity index (χ2n) is 4.27. The van der Waals surface area contributed by atoms with Gasteiger partial charge in [0.25, 0.3) is 0 Å². The van der Waals surface area contributed by atoms with Gasteiger partial charge in [0.1, 0.15) is 11.5 Å². The summed E-state index contributed by atoms with van der Waals surface area (Å²) in [6.45, 7) is 0. The summed E-state index contributed by atoms with van der Waals surface area (Å²) in [7, 11) is 6.23. The molecule has 0 aliphatic rings. The molecule has 0 saturated carbocycles. The summed E-state index contributed by atoms with van der Waals surface area (Å²) in [5.74, 6) is 2.08. The Morgan fingerprint density at radius 1 is 0.842 bits per heavy atom. The number of benzene rings is 2. The fourth-order valence-electron chi connectivity index (χ4n) is 2.33. The predicted octanol–water partition coefficient (Wildman–Crippen LogP) is 3.71. The lowest BCUT2D eigenvalue weighted by atomic mass is 9.91. The van der Waals surface area contributed by atoms with Gasteiger partial charge in [-0.1, -0.05) is 36.4 Å². The number of hydrogen-bond acceptors (Lipinski definition) is 2. The van der Waals surface area contributed by atoms with E-state index in [1.54, 1.807) is 14.2 Å². The third-order valence-corrected chi connectivity index (χ3v) is 3.74. The minimum Gasteiger partial charge on any atom is -0.496 e. The van der Waals surface area contributed by atoms with E-state index in [0.29, 0.717) is 0 Å². The van der Waals surface area contributed by atoms with Crippen molar-refractivity contribution in [1.29, 1.82) is 0 Å². The van der Waals surface area contributed by atoms with Crippen LogP contribution in [0, 0.1) is 0 Å². The van der Waals surface area contributed by atoms with Crippen LogP contribution in [0.25, 0.3) is 0 Å². The third-order valence-electron chi connectivity index (χ3n) is 3.26. The zero-order valence-electron chi connectivity index (χ0n) is 11.3. The Bertz CT molecular complexity index is 492. The summed E-state index contributed by atoms with van der Waals surface area (Å²) in [4.78, 5) is 0. The van der Waals surface area contributed by atoms with E-state index in [1.165, 1.54) is 11.1 Å². The lowest BCUT2D eigenvalue weighted by Crippen LogP contribution is -2.06. The smallest absolute Gasteiger partial charge is 0.122 e. The van der Waals surface area contributed by atoms with Crippen LogP contribution in [0.5, 0.6) is 11.5 Å². The van der Waals surface area contributed by atoms with Gasteiger partial charge in [0, 0.05) is 17.0 Å². The van der Waals surface area contributed by atoms with Crippen LogP contribution < -0.4 is 9.47 Å². The Morgan fingerprint density at radius 2 is 1.26 bits per heavy atom.